The Kier molecular flexibility index (Phi) is 3.09. The van der Waals surface area contributed by atoms with E-state index in [2.05, 4.69) is 4.98 Å². The van der Waals surface area contributed by atoms with Crippen LogP contribution in [0.2, 0.25) is 0 Å². The van der Waals surface area contributed by atoms with E-state index in [1.807, 2.05) is 30.3 Å². The summed E-state index contributed by atoms with van der Waals surface area (Å²) in [5.74, 6) is 0.137. The molecule has 0 saturated heterocycles. The number of H-pyrrole nitrogens is 1. The molecular formula is C17H13NO2. The van der Waals surface area contributed by atoms with Crippen LogP contribution in [-0.2, 0) is 0 Å². The summed E-state index contributed by atoms with van der Waals surface area (Å²) in [6.07, 6.45) is 3.25. The van der Waals surface area contributed by atoms with Crippen LogP contribution >= 0.6 is 0 Å². The highest BCUT2D eigenvalue weighted by Gasteiger charge is 2.05. The SMILES string of the molecule is O=C(/C=C/c1ccc(O)cc1)c1cc2ccccc2[nH]1. The maximum Gasteiger partial charge on any atom is 0.202 e. The van der Waals surface area contributed by atoms with Crippen LogP contribution in [0.5, 0.6) is 5.75 Å². The van der Waals surface area contributed by atoms with E-state index in [4.69, 9.17) is 0 Å². The lowest BCUT2D eigenvalue weighted by atomic mass is 10.1. The molecule has 3 aromatic rings. The van der Waals surface area contributed by atoms with Crippen molar-refractivity contribution in [2.75, 3.05) is 0 Å². The van der Waals surface area contributed by atoms with E-state index in [0.29, 0.717) is 5.69 Å². The summed E-state index contributed by atoms with van der Waals surface area (Å²) >= 11 is 0. The van der Waals surface area contributed by atoms with Gasteiger partial charge >= 0.3 is 0 Å². The predicted octanol–water partition coefficient (Wildman–Crippen LogP) is 3.77. The molecular weight excluding hydrogens is 250 g/mol. The summed E-state index contributed by atoms with van der Waals surface area (Å²) in [6.45, 7) is 0. The zero-order valence-corrected chi connectivity index (χ0v) is 10.7. The average Bonchev–Trinajstić information content (AvgIpc) is 2.90. The van der Waals surface area contributed by atoms with Crippen LogP contribution in [0.15, 0.2) is 60.7 Å². The quantitative estimate of drug-likeness (QED) is 0.558. The highest BCUT2D eigenvalue weighted by Crippen LogP contribution is 2.16. The second-order valence-corrected chi connectivity index (χ2v) is 4.56. The van der Waals surface area contributed by atoms with Gasteiger partial charge in [-0.25, -0.2) is 0 Å². The van der Waals surface area contributed by atoms with E-state index in [-0.39, 0.29) is 11.5 Å². The van der Waals surface area contributed by atoms with Gasteiger partial charge in [0.05, 0.1) is 5.69 Å². The summed E-state index contributed by atoms with van der Waals surface area (Å²) in [6, 6.07) is 16.3. The summed E-state index contributed by atoms with van der Waals surface area (Å²) < 4.78 is 0. The number of aromatic hydroxyl groups is 1. The van der Waals surface area contributed by atoms with E-state index in [1.165, 1.54) is 6.08 Å². The fourth-order valence-corrected chi connectivity index (χ4v) is 2.05. The molecule has 2 aromatic carbocycles. The number of nitrogens with one attached hydrogen (secondary N) is 1. The van der Waals surface area contributed by atoms with E-state index in [9.17, 15) is 9.90 Å². The Hall–Kier alpha value is -2.81. The minimum absolute atomic E-state index is 0.0747. The zero-order valence-electron chi connectivity index (χ0n) is 10.7. The third kappa shape index (κ3) is 2.47. The van der Waals surface area contributed by atoms with Crippen molar-refractivity contribution in [3.63, 3.8) is 0 Å². The number of para-hydroxylation sites is 1. The molecule has 98 valence electrons. The maximum absolute atomic E-state index is 12.1. The molecule has 0 radical (unpaired) electrons. The molecule has 0 unspecified atom stereocenters. The number of phenols is 1. The highest BCUT2D eigenvalue weighted by molar-refractivity contribution is 6.08. The van der Waals surface area contributed by atoms with Gasteiger partial charge in [-0.1, -0.05) is 36.4 Å². The fourth-order valence-electron chi connectivity index (χ4n) is 2.05. The van der Waals surface area contributed by atoms with E-state index >= 15 is 0 Å². The Balaban J connectivity index is 1.83. The van der Waals surface area contributed by atoms with Crippen molar-refractivity contribution in [1.29, 1.82) is 0 Å². The van der Waals surface area contributed by atoms with Crippen LogP contribution in [-0.4, -0.2) is 15.9 Å². The number of ketones is 1. The third-order valence-corrected chi connectivity index (χ3v) is 3.12. The number of aromatic amines is 1. The van der Waals surface area contributed by atoms with Gasteiger partial charge in [0.2, 0.25) is 5.78 Å². The highest BCUT2D eigenvalue weighted by atomic mass is 16.3. The second kappa shape index (κ2) is 5.05. The summed E-state index contributed by atoms with van der Waals surface area (Å²) in [5, 5.41) is 10.2. The number of benzene rings is 2. The lowest BCUT2D eigenvalue weighted by molar-refractivity contribution is 0.104. The Labute approximate surface area is 116 Å². The monoisotopic (exact) mass is 263 g/mol. The summed E-state index contributed by atoms with van der Waals surface area (Å²) in [7, 11) is 0. The molecule has 3 rings (SSSR count). The molecule has 0 aliphatic carbocycles. The number of rotatable bonds is 3. The number of hydrogen-bond acceptors (Lipinski definition) is 2. The lowest BCUT2D eigenvalue weighted by Gasteiger charge is -1.94. The van der Waals surface area contributed by atoms with Crippen molar-refractivity contribution >= 4 is 22.8 Å². The second-order valence-electron chi connectivity index (χ2n) is 4.56. The van der Waals surface area contributed by atoms with Gasteiger partial charge in [0.1, 0.15) is 5.75 Å². The van der Waals surface area contributed by atoms with Gasteiger partial charge in [0.15, 0.2) is 0 Å². The van der Waals surface area contributed by atoms with Crippen molar-refractivity contribution in [2.24, 2.45) is 0 Å². The first-order chi connectivity index (χ1) is 9.72. The summed E-state index contributed by atoms with van der Waals surface area (Å²) in [4.78, 5) is 15.2. The number of fused-ring (bicyclic) bond motifs is 1. The number of carbonyl (C=O) groups is 1. The molecule has 20 heavy (non-hydrogen) atoms. The van der Waals surface area contributed by atoms with Crippen molar-refractivity contribution in [2.45, 2.75) is 0 Å². The van der Waals surface area contributed by atoms with Crippen molar-refractivity contribution in [1.82, 2.24) is 4.98 Å². The minimum atomic E-state index is -0.0747. The molecule has 0 spiro atoms. The Morgan fingerprint density at radius 3 is 2.55 bits per heavy atom. The normalized spacial score (nSPS) is 11.2. The standard InChI is InChI=1S/C17H13NO2/c19-14-8-5-12(6-9-14)7-10-17(20)16-11-13-3-1-2-4-15(13)18-16/h1-11,18-19H/b10-7+. The zero-order chi connectivity index (χ0) is 13.9. The third-order valence-electron chi connectivity index (χ3n) is 3.12. The van der Waals surface area contributed by atoms with Crippen LogP contribution in [0.25, 0.3) is 17.0 Å². The molecule has 0 bridgehead atoms. The Morgan fingerprint density at radius 1 is 1.05 bits per heavy atom. The van der Waals surface area contributed by atoms with Crippen LogP contribution in [0.1, 0.15) is 16.1 Å². The maximum atomic E-state index is 12.1. The van der Waals surface area contributed by atoms with E-state index in [1.54, 1.807) is 30.3 Å². The predicted molar refractivity (Wildman–Crippen MR) is 79.8 cm³/mol. The van der Waals surface area contributed by atoms with Gasteiger partial charge in [-0.05, 0) is 35.9 Å². The molecule has 3 heteroatoms. The van der Waals surface area contributed by atoms with Crippen molar-refractivity contribution in [3.8, 4) is 5.75 Å². The average molecular weight is 263 g/mol. The minimum Gasteiger partial charge on any atom is -0.508 e. The topological polar surface area (TPSA) is 53.1 Å². The number of carbonyl (C=O) groups excluding carboxylic acids is 1. The van der Waals surface area contributed by atoms with Gasteiger partial charge in [-0.3, -0.25) is 4.79 Å². The van der Waals surface area contributed by atoms with Gasteiger partial charge in [0, 0.05) is 10.9 Å². The first-order valence-corrected chi connectivity index (χ1v) is 6.31. The molecule has 1 aromatic heterocycles. The van der Waals surface area contributed by atoms with Gasteiger partial charge in [-0.15, -0.1) is 0 Å². The van der Waals surface area contributed by atoms with E-state index < -0.39 is 0 Å². The van der Waals surface area contributed by atoms with Crippen LogP contribution in [0.3, 0.4) is 0 Å². The summed E-state index contributed by atoms with van der Waals surface area (Å²) in [5.41, 5.74) is 2.39. The number of aromatic nitrogens is 1. The molecule has 0 atom stereocenters. The Morgan fingerprint density at radius 2 is 1.80 bits per heavy atom. The number of allylic oxidation sites excluding steroid dienone is 1. The number of phenolic OH excluding ortho intramolecular Hbond substituents is 1. The fraction of sp³-hybridized carbons (Fsp3) is 0. The molecule has 0 saturated carbocycles. The molecule has 3 nitrogen and oxygen atoms in total. The first-order valence-electron chi connectivity index (χ1n) is 6.31. The lowest BCUT2D eigenvalue weighted by Crippen LogP contribution is -1.93. The van der Waals surface area contributed by atoms with Crippen molar-refractivity contribution in [3.05, 3.63) is 71.9 Å². The van der Waals surface area contributed by atoms with Crippen LogP contribution in [0, 0.1) is 0 Å². The van der Waals surface area contributed by atoms with Crippen LogP contribution in [0.4, 0.5) is 0 Å². The van der Waals surface area contributed by atoms with Crippen LogP contribution < -0.4 is 0 Å². The van der Waals surface area contributed by atoms with Gasteiger partial charge in [-0.2, -0.15) is 0 Å². The Bertz CT molecular complexity index is 749. The molecule has 0 aliphatic rings. The van der Waals surface area contributed by atoms with Gasteiger partial charge < -0.3 is 10.1 Å². The largest absolute Gasteiger partial charge is 0.508 e. The van der Waals surface area contributed by atoms with E-state index in [0.717, 1.165) is 16.5 Å². The molecule has 0 aliphatic heterocycles. The first kappa shape index (κ1) is 12.2. The molecule has 2 N–H and O–H groups in total. The smallest absolute Gasteiger partial charge is 0.202 e. The molecule has 1 heterocycles. The number of hydrogen-bond donors (Lipinski definition) is 2. The van der Waals surface area contributed by atoms with Crippen molar-refractivity contribution < 1.29 is 9.90 Å². The molecule has 0 amide bonds. The van der Waals surface area contributed by atoms with Gasteiger partial charge in [0.25, 0.3) is 0 Å². The molecule has 0 fully saturated rings.